The van der Waals surface area contributed by atoms with Crippen LogP contribution in [0.1, 0.15) is 67.5 Å². The summed E-state index contributed by atoms with van der Waals surface area (Å²) in [5.41, 5.74) is 0. The van der Waals surface area contributed by atoms with Gasteiger partial charge in [0.1, 0.15) is 12.1 Å². The zero-order valence-electron chi connectivity index (χ0n) is 19.3. The molecule has 5 rings (SSSR count). The third kappa shape index (κ3) is 5.20. The molecule has 1 aliphatic carbocycles. The van der Waals surface area contributed by atoms with E-state index in [-0.39, 0.29) is 23.9 Å². The van der Waals surface area contributed by atoms with E-state index in [0.29, 0.717) is 19.0 Å². The molecule has 3 aliphatic heterocycles. The number of thiophene rings is 1. The van der Waals surface area contributed by atoms with Gasteiger partial charge < -0.3 is 10.2 Å². The molecule has 4 heterocycles. The molecule has 0 unspecified atom stereocenters. The molecule has 0 radical (unpaired) electrons. The maximum Gasteiger partial charge on any atom is 0.245 e. The van der Waals surface area contributed by atoms with E-state index < -0.39 is 0 Å². The van der Waals surface area contributed by atoms with Crippen LogP contribution < -0.4 is 5.32 Å². The van der Waals surface area contributed by atoms with E-state index in [0.717, 1.165) is 26.1 Å². The fourth-order valence-corrected chi connectivity index (χ4v) is 7.17. The zero-order valence-corrected chi connectivity index (χ0v) is 20.1. The number of nitrogens with one attached hydrogen (secondary N) is 1. The van der Waals surface area contributed by atoms with Crippen LogP contribution in [-0.2, 0) is 22.7 Å². The summed E-state index contributed by atoms with van der Waals surface area (Å²) in [5.74, 6) is 0.792. The van der Waals surface area contributed by atoms with Crippen molar-refractivity contribution in [2.24, 2.45) is 5.92 Å². The van der Waals surface area contributed by atoms with Gasteiger partial charge >= 0.3 is 0 Å². The van der Waals surface area contributed by atoms with Crippen LogP contribution in [0.2, 0.25) is 0 Å². The molecule has 7 heteroatoms. The lowest BCUT2D eigenvalue weighted by Gasteiger charge is -2.45. The number of carbonyl (C=O) groups excluding carboxylic acids is 2. The minimum atomic E-state index is -0.327. The Kier molecular flexibility index (Phi) is 7.14. The van der Waals surface area contributed by atoms with Gasteiger partial charge in [0.05, 0.1) is 0 Å². The first kappa shape index (κ1) is 22.4. The van der Waals surface area contributed by atoms with Crippen LogP contribution in [0.25, 0.3) is 0 Å². The minimum absolute atomic E-state index is 0.0482. The Morgan fingerprint density at radius 3 is 2.28 bits per heavy atom. The van der Waals surface area contributed by atoms with Gasteiger partial charge in [0.15, 0.2) is 0 Å². The van der Waals surface area contributed by atoms with Gasteiger partial charge in [-0.05, 0) is 50.4 Å². The van der Waals surface area contributed by atoms with Crippen molar-refractivity contribution in [3.05, 3.63) is 21.9 Å². The third-order valence-corrected chi connectivity index (χ3v) is 8.94. The average molecular weight is 459 g/mol. The van der Waals surface area contributed by atoms with Gasteiger partial charge in [0, 0.05) is 42.5 Å². The van der Waals surface area contributed by atoms with Crippen LogP contribution in [0.5, 0.6) is 0 Å². The third-order valence-electron chi connectivity index (χ3n) is 7.88. The molecule has 0 spiro atoms. The van der Waals surface area contributed by atoms with Crippen molar-refractivity contribution >= 4 is 23.2 Å². The highest BCUT2D eigenvalue weighted by atomic mass is 32.1. The second-order valence-electron chi connectivity index (χ2n) is 10.3. The lowest BCUT2D eigenvalue weighted by Crippen LogP contribution is -2.69. The smallest absolute Gasteiger partial charge is 0.245 e. The highest BCUT2D eigenvalue weighted by Gasteiger charge is 2.43. The molecule has 1 saturated carbocycles. The number of fused-ring (bicyclic) bond motifs is 1. The van der Waals surface area contributed by atoms with Crippen molar-refractivity contribution in [3.63, 3.8) is 0 Å². The standard InChI is InChI=1S/C25H38N4O2S/c30-24-23-18-28(17-21-10-9-20(32-21)16-27-11-5-2-6-12-27)13-14-29(23)25(31)22(26-24)15-19-7-3-1-4-8-19/h9-10,19,22-23H,1-8,11-18H2,(H,26,30)/t22-,23+/m0/s1. The number of piperazine rings is 2. The van der Waals surface area contributed by atoms with Crippen LogP contribution in [0, 0.1) is 5.92 Å². The Labute approximate surface area is 196 Å². The molecule has 2 atom stereocenters. The second-order valence-corrected chi connectivity index (χ2v) is 11.5. The highest BCUT2D eigenvalue weighted by Crippen LogP contribution is 2.30. The topological polar surface area (TPSA) is 55.9 Å². The summed E-state index contributed by atoms with van der Waals surface area (Å²) in [6, 6.07) is 3.90. The molecular weight excluding hydrogens is 420 g/mol. The van der Waals surface area contributed by atoms with Gasteiger partial charge in [0.25, 0.3) is 0 Å². The summed E-state index contributed by atoms with van der Waals surface area (Å²) < 4.78 is 0. The van der Waals surface area contributed by atoms with E-state index in [1.165, 1.54) is 74.2 Å². The van der Waals surface area contributed by atoms with Crippen molar-refractivity contribution in [1.82, 2.24) is 20.0 Å². The Morgan fingerprint density at radius 1 is 0.844 bits per heavy atom. The number of rotatable bonds is 6. The van der Waals surface area contributed by atoms with Gasteiger partial charge in [-0.25, -0.2) is 0 Å². The van der Waals surface area contributed by atoms with Gasteiger partial charge in [0.2, 0.25) is 11.8 Å². The van der Waals surface area contributed by atoms with Crippen molar-refractivity contribution in [2.75, 3.05) is 32.7 Å². The molecule has 1 aromatic heterocycles. The number of hydrogen-bond donors (Lipinski definition) is 1. The van der Waals surface area contributed by atoms with E-state index >= 15 is 0 Å². The number of hydrogen-bond acceptors (Lipinski definition) is 5. The Hall–Kier alpha value is -1.44. The van der Waals surface area contributed by atoms with E-state index in [1.807, 2.05) is 16.2 Å². The molecule has 0 aromatic carbocycles. The first-order valence-corrected chi connectivity index (χ1v) is 13.6. The van der Waals surface area contributed by atoms with Crippen molar-refractivity contribution in [2.45, 2.75) is 83.0 Å². The zero-order chi connectivity index (χ0) is 21.9. The molecule has 1 N–H and O–H groups in total. The lowest BCUT2D eigenvalue weighted by molar-refractivity contribution is -0.153. The second kappa shape index (κ2) is 10.2. The first-order chi connectivity index (χ1) is 15.7. The van der Waals surface area contributed by atoms with Crippen molar-refractivity contribution in [1.29, 1.82) is 0 Å². The first-order valence-electron chi connectivity index (χ1n) is 12.8. The Morgan fingerprint density at radius 2 is 1.53 bits per heavy atom. The molecular formula is C25H38N4O2S. The fourth-order valence-electron chi connectivity index (χ4n) is 6.07. The van der Waals surface area contributed by atoms with Crippen LogP contribution >= 0.6 is 11.3 Å². The molecule has 2 amide bonds. The predicted molar refractivity (Wildman–Crippen MR) is 127 cm³/mol. The molecule has 0 bridgehead atoms. The summed E-state index contributed by atoms with van der Waals surface area (Å²) in [6.07, 6.45) is 11.1. The minimum Gasteiger partial charge on any atom is -0.342 e. The molecule has 1 aromatic rings. The van der Waals surface area contributed by atoms with Gasteiger partial charge in [-0.15, -0.1) is 11.3 Å². The number of nitrogens with zero attached hydrogens (tertiary/aromatic N) is 3. The largest absolute Gasteiger partial charge is 0.342 e. The van der Waals surface area contributed by atoms with Crippen molar-refractivity contribution < 1.29 is 9.59 Å². The van der Waals surface area contributed by atoms with Gasteiger partial charge in [-0.1, -0.05) is 38.5 Å². The predicted octanol–water partition coefficient (Wildman–Crippen LogP) is 3.22. The number of amides is 2. The van der Waals surface area contributed by atoms with E-state index in [1.54, 1.807) is 0 Å². The SMILES string of the molecule is O=C1N[C@@H](CC2CCCCC2)C(=O)N2CCN(Cc3ccc(CN4CCCCC4)s3)C[C@H]12. The summed E-state index contributed by atoms with van der Waals surface area (Å²) in [6.45, 7) is 6.56. The lowest BCUT2D eigenvalue weighted by atomic mass is 9.84. The van der Waals surface area contributed by atoms with Gasteiger partial charge in [-0.3, -0.25) is 19.4 Å². The number of carbonyl (C=O) groups is 2. The van der Waals surface area contributed by atoms with Crippen LogP contribution in [0.15, 0.2) is 12.1 Å². The average Bonchev–Trinajstić information content (AvgIpc) is 3.25. The molecule has 4 aliphatic rings. The summed E-state index contributed by atoms with van der Waals surface area (Å²) >= 11 is 1.91. The van der Waals surface area contributed by atoms with Crippen LogP contribution in [0.3, 0.4) is 0 Å². The van der Waals surface area contributed by atoms with E-state index in [2.05, 4.69) is 27.2 Å². The molecule has 6 nitrogen and oxygen atoms in total. The Bertz CT molecular complexity index is 800. The monoisotopic (exact) mass is 458 g/mol. The van der Waals surface area contributed by atoms with Crippen LogP contribution in [0.4, 0.5) is 0 Å². The molecule has 32 heavy (non-hydrogen) atoms. The summed E-state index contributed by atoms with van der Waals surface area (Å²) in [4.78, 5) is 35.6. The normalized spacial score (nSPS) is 28.6. The van der Waals surface area contributed by atoms with Gasteiger partial charge in [-0.2, -0.15) is 0 Å². The van der Waals surface area contributed by atoms with E-state index in [4.69, 9.17) is 0 Å². The quantitative estimate of drug-likeness (QED) is 0.711. The molecule has 176 valence electrons. The highest BCUT2D eigenvalue weighted by molar-refractivity contribution is 7.11. The summed E-state index contributed by atoms with van der Waals surface area (Å²) in [5, 5.41) is 3.09. The van der Waals surface area contributed by atoms with Crippen LogP contribution in [-0.4, -0.2) is 71.3 Å². The molecule has 3 saturated heterocycles. The summed E-state index contributed by atoms with van der Waals surface area (Å²) in [7, 11) is 0. The maximum absolute atomic E-state index is 13.1. The Balaban J connectivity index is 1.14. The van der Waals surface area contributed by atoms with E-state index in [9.17, 15) is 9.59 Å². The maximum atomic E-state index is 13.1. The number of likely N-dealkylation sites (tertiary alicyclic amines) is 1. The number of piperidine rings is 1. The van der Waals surface area contributed by atoms with Crippen molar-refractivity contribution in [3.8, 4) is 0 Å². The molecule has 4 fully saturated rings. The fraction of sp³-hybridized carbons (Fsp3) is 0.760.